The van der Waals surface area contributed by atoms with Crippen molar-refractivity contribution in [3.63, 3.8) is 0 Å². The van der Waals surface area contributed by atoms with Crippen molar-refractivity contribution in [3.8, 4) is 28.5 Å². The Kier molecular flexibility index (Phi) is 3.60. The number of benzene rings is 2. The standard InChI is InChI=1S/C22H20FN2Si/c1-14-12-15(13-24)20-16-8-7-9-17(23)21(16)26(3,4)22(20)19(14)18-10-5-6-11-25(18)2/h5-12H,1-4H3/q+1. The number of aryl methyl sites for hydroxylation is 2. The second-order valence-electron chi connectivity index (χ2n) is 7.46. The molecule has 0 aliphatic carbocycles. The first-order valence-electron chi connectivity index (χ1n) is 8.70. The fourth-order valence-corrected chi connectivity index (χ4v) is 8.07. The van der Waals surface area contributed by atoms with Crippen molar-refractivity contribution >= 4 is 18.4 Å². The van der Waals surface area contributed by atoms with Gasteiger partial charge < -0.3 is 0 Å². The van der Waals surface area contributed by atoms with Gasteiger partial charge in [0.1, 0.15) is 20.9 Å². The average molecular weight is 360 g/mol. The van der Waals surface area contributed by atoms with E-state index in [1.54, 1.807) is 12.1 Å². The molecule has 1 aromatic heterocycles. The van der Waals surface area contributed by atoms with Crippen LogP contribution in [0.5, 0.6) is 0 Å². The molecule has 3 aromatic rings. The first-order valence-corrected chi connectivity index (χ1v) is 11.7. The minimum absolute atomic E-state index is 0.153. The third kappa shape index (κ3) is 2.11. The van der Waals surface area contributed by atoms with Crippen LogP contribution in [0.15, 0.2) is 48.7 Å². The summed E-state index contributed by atoms with van der Waals surface area (Å²) in [4.78, 5) is 0. The van der Waals surface area contributed by atoms with Gasteiger partial charge in [-0.1, -0.05) is 25.2 Å². The zero-order valence-electron chi connectivity index (χ0n) is 15.4. The molecule has 26 heavy (non-hydrogen) atoms. The summed E-state index contributed by atoms with van der Waals surface area (Å²) in [5.41, 5.74) is 5.78. The van der Waals surface area contributed by atoms with Gasteiger partial charge in [-0.05, 0) is 52.2 Å². The first kappa shape index (κ1) is 16.7. The van der Waals surface area contributed by atoms with Crippen molar-refractivity contribution in [2.45, 2.75) is 20.0 Å². The van der Waals surface area contributed by atoms with Gasteiger partial charge >= 0.3 is 0 Å². The number of hydrogen-bond acceptors (Lipinski definition) is 1. The number of rotatable bonds is 1. The number of nitriles is 1. The van der Waals surface area contributed by atoms with Crippen molar-refractivity contribution in [3.05, 3.63) is 65.6 Å². The Balaban J connectivity index is 2.21. The molecule has 0 saturated carbocycles. The summed E-state index contributed by atoms with van der Waals surface area (Å²) in [6.07, 6.45) is 2.02. The normalized spacial score (nSPS) is 13.8. The molecule has 1 aliphatic rings. The lowest BCUT2D eigenvalue weighted by Gasteiger charge is -2.23. The van der Waals surface area contributed by atoms with Gasteiger partial charge in [0.05, 0.1) is 11.6 Å². The van der Waals surface area contributed by atoms with E-state index in [-0.39, 0.29) is 5.82 Å². The number of pyridine rings is 1. The number of nitrogens with zero attached hydrogens (tertiary/aromatic N) is 2. The summed E-state index contributed by atoms with van der Waals surface area (Å²) >= 11 is 0. The maximum absolute atomic E-state index is 14.8. The van der Waals surface area contributed by atoms with Crippen LogP contribution in [0.1, 0.15) is 11.1 Å². The molecular formula is C22H20FN2Si+. The molecule has 2 nitrogen and oxygen atoms in total. The molecule has 4 rings (SSSR count). The predicted octanol–water partition coefficient (Wildman–Crippen LogP) is 3.30. The zero-order valence-corrected chi connectivity index (χ0v) is 16.4. The van der Waals surface area contributed by atoms with Crippen molar-refractivity contribution < 1.29 is 8.96 Å². The van der Waals surface area contributed by atoms with Crippen LogP contribution in [0.3, 0.4) is 0 Å². The number of fused-ring (bicyclic) bond motifs is 3. The summed E-state index contributed by atoms with van der Waals surface area (Å²) < 4.78 is 16.9. The van der Waals surface area contributed by atoms with Gasteiger partial charge in [-0.25, -0.2) is 8.96 Å². The molecule has 0 atom stereocenters. The third-order valence-electron chi connectivity index (χ3n) is 5.49. The van der Waals surface area contributed by atoms with Crippen LogP contribution in [0.25, 0.3) is 22.4 Å². The third-order valence-corrected chi connectivity index (χ3v) is 9.00. The second-order valence-corrected chi connectivity index (χ2v) is 11.7. The molecule has 0 spiro atoms. The molecule has 0 N–H and O–H groups in total. The highest BCUT2D eigenvalue weighted by Crippen LogP contribution is 2.37. The maximum Gasteiger partial charge on any atom is 0.212 e. The Morgan fingerprint density at radius 1 is 1.04 bits per heavy atom. The summed E-state index contributed by atoms with van der Waals surface area (Å²) in [6, 6.07) is 15.7. The van der Waals surface area contributed by atoms with Crippen molar-refractivity contribution in [1.82, 2.24) is 0 Å². The van der Waals surface area contributed by atoms with Crippen LogP contribution in [0.2, 0.25) is 13.1 Å². The van der Waals surface area contributed by atoms with E-state index in [9.17, 15) is 9.65 Å². The Morgan fingerprint density at radius 3 is 2.50 bits per heavy atom. The quantitative estimate of drug-likeness (QED) is 0.484. The van der Waals surface area contributed by atoms with Gasteiger partial charge in [0, 0.05) is 17.7 Å². The van der Waals surface area contributed by atoms with E-state index in [1.165, 1.54) is 5.19 Å². The van der Waals surface area contributed by atoms with Crippen LogP contribution in [0.4, 0.5) is 4.39 Å². The predicted molar refractivity (Wildman–Crippen MR) is 105 cm³/mol. The Labute approximate surface area is 154 Å². The smallest absolute Gasteiger partial charge is 0.207 e. The Hall–Kier alpha value is -2.77. The molecule has 0 radical (unpaired) electrons. The van der Waals surface area contributed by atoms with Crippen LogP contribution in [-0.4, -0.2) is 8.07 Å². The van der Waals surface area contributed by atoms with E-state index < -0.39 is 8.07 Å². The lowest BCUT2D eigenvalue weighted by molar-refractivity contribution is -0.660. The molecular weight excluding hydrogens is 339 g/mol. The second kappa shape index (κ2) is 5.62. The Morgan fingerprint density at radius 2 is 1.81 bits per heavy atom. The van der Waals surface area contributed by atoms with Gasteiger partial charge in [-0.3, -0.25) is 0 Å². The summed E-state index contributed by atoms with van der Waals surface area (Å²) in [7, 11) is -0.270. The highest BCUT2D eigenvalue weighted by molar-refractivity contribution is 7.04. The molecule has 2 heterocycles. The van der Waals surface area contributed by atoms with E-state index in [0.29, 0.717) is 5.56 Å². The van der Waals surface area contributed by atoms with Gasteiger partial charge in [0.2, 0.25) is 5.69 Å². The topological polar surface area (TPSA) is 27.7 Å². The monoisotopic (exact) mass is 359 g/mol. The fraction of sp³-hybridized carbons (Fsp3) is 0.182. The summed E-state index contributed by atoms with van der Waals surface area (Å²) in [5, 5.41) is 11.8. The highest BCUT2D eigenvalue weighted by Gasteiger charge is 2.44. The lowest BCUT2D eigenvalue weighted by Crippen LogP contribution is -2.52. The van der Waals surface area contributed by atoms with E-state index in [1.807, 2.05) is 44.4 Å². The number of aromatic nitrogens is 1. The molecule has 4 heteroatoms. The molecule has 2 aromatic carbocycles. The lowest BCUT2D eigenvalue weighted by atomic mass is 9.93. The molecule has 0 amide bonds. The minimum atomic E-state index is -2.29. The van der Waals surface area contributed by atoms with E-state index >= 15 is 0 Å². The van der Waals surface area contributed by atoms with Gasteiger partial charge in [-0.2, -0.15) is 5.26 Å². The van der Waals surface area contributed by atoms with Crippen molar-refractivity contribution in [2.24, 2.45) is 7.05 Å². The molecule has 0 bridgehead atoms. The zero-order chi connectivity index (χ0) is 18.6. The number of hydrogen-bond donors (Lipinski definition) is 0. The van der Waals surface area contributed by atoms with Gasteiger partial charge in [0.25, 0.3) is 0 Å². The highest BCUT2D eigenvalue weighted by atomic mass is 28.3. The van der Waals surface area contributed by atoms with E-state index in [0.717, 1.165) is 33.1 Å². The molecule has 0 unspecified atom stereocenters. The van der Waals surface area contributed by atoms with Crippen LogP contribution < -0.4 is 14.9 Å². The number of halogens is 1. The van der Waals surface area contributed by atoms with Crippen molar-refractivity contribution in [2.75, 3.05) is 0 Å². The first-order chi connectivity index (χ1) is 12.4. The SMILES string of the molecule is Cc1cc(C#N)c2c(c1-c1cccc[n+]1C)[Si](C)(C)c1c(F)cccc1-2. The maximum atomic E-state index is 14.8. The summed E-state index contributed by atoms with van der Waals surface area (Å²) in [5.74, 6) is -0.153. The van der Waals surface area contributed by atoms with Crippen molar-refractivity contribution in [1.29, 1.82) is 5.26 Å². The fourth-order valence-electron chi connectivity index (χ4n) is 4.42. The summed E-state index contributed by atoms with van der Waals surface area (Å²) in [6.45, 7) is 6.43. The van der Waals surface area contributed by atoms with Gasteiger partial charge in [0.15, 0.2) is 6.20 Å². The van der Waals surface area contributed by atoms with E-state index in [4.69, 9.17) is 0 Å². The molecule has 128 valence electrons. The van der Waals surface area contributed by atoms with E-state index in [2.05, 4.69) is 29.8 Å². The molecule has 1 aliphatic heterocycles. The Bertz CT molecular complexity index is 1110. The van der Waals surface area contributed by atoms with Crippen LogP contribution >= 0.6 is 0 Å². The van der Waals surface area contributed by atoms with Crippen LogP contribution in [-0.2, 0) is 7.05 Å². The molecule has 0 fully saturated rings. The minimum Gasteiger partial charge on any atom is -0.207 e. The largest absolute Gasteiger partial charge is 0.212 e. The molecule has 0 saturated heterocycles. The average Bonchev–Trinajstić information content (AvgIpc) is 2.84. The van der Waals surface area contributed by atoms with Gasteiger partial charge in [-0.15, -0.1) is 0 Å². The van der Waals surface area contributed by atoms with Crippen LogP contribution in [0, 0.1) is 24.1 Å².